The summed E-state index contributed by atoms with van der Waals surface area (Å²) >= 11 is 0. The number of aromatic nitrogens is 5. The molecule has 10 nitrogen and oxygen atoms in total. The molecule has 0 saturated carbocycles. The molecule has 0 radical (unpaired) electrons. The molecule has 1 aliphatic heterocycles. The molecule has 2 aromatic carbocycles. The Balaban J connectivity index is 1.42. The number of amides is 1. The van der Waals surface area contributed by atoms with Gasteiger partial charge in [-0.15, -0.1) is 0 Å². The number of H-pyrrole nitrogens is 1. The van der Waals surface area contributed by atoms with Crippen molar-refractivity contribution >= 4 is 33.8 Å². The average Bonchev–Trinajstić information content (AvgIpc) is 3.54. The average molecular weight is 483 g/mol. The van der Waals surface area contributed by atoms with Gasteiger partial charge in [-0.1, -0.05) is 12.1 Å². The molecule has 0 spiro atoms. The minimum atomic E-state index is 0.0238. The first-order valence-corrected chi connectivity index (χ1v) is 11.8. The maximum absolute atomic E-state index is 13.1. The third kappa shape index (κ3) is 3.96. The van der Waals surface area contributed by atoms with E-state index in [0.717, 1.165) is 33.3 Å². The van der Waals surface area contributed by atoms with E-state index < -0.39 is 0 Å². The number of nitrogens with two attached hydrogens (primary N) is 2. The number of anilines is 1. The number of carbonyl (C=O) groups excluding carboxylic acids is 1. The van der Waals surface area contributed by atoms with Crippen LogP contribution in [0.3, 0.4) is 0 Å². The highest BCUT2D eigenvalue weighted by Gasteiger charge is 2.19. The summed E-state index contributed by atoms with van der Waals surface area (Å²) in [7, 11) is 0. The fourth-order valence-corrected chi connectivity index (χ4v) is 4.76. The Kier molecular flexibility index (Phi) is 5.59. The predicted octanol–water partition coefficient (Wildman–Crippen LogP) is 2.54. The lowest BCUT2D eigenvalue weighted by molar-refractivity contribution is 0.0303. The van der Waals surface area contributed by atoms with Gasteiger partial charge < -0.3 is 30.7 Å². The van der Waals surface area contributed by atoms with Crippen LogP contribution in [-0.2, 0) is 17.8 Å². The molecule has 0 atom stereocenters. The zero-order valence-corrected chi connectivity index (χ0v) is 19.6. The number of carbonyl (C=O) groups is 1. The molecule has 5 N–H and O–H groups in total. The molecule has 36 heavy (non-hydrogen) atoms. The number of aromatic amines is 1. The van der Waals surface area contributed by atoms with Gasteiger partial charge in [0, 0.05) is 36.3 Å². The summed E-state index contributed by atoms with van der Waals surface area (Å²) in [4.78, 5) is 31.2. The van der Waals surface area contributed by atoms with Crippen LogP contribution < -0.4 is 11.5 Å². The van der Waals surface area contributed by atoms with Crippen LogP contribution in [0.1, 0.15) is 21.6 Å². The largest absolute Gasteiger partial charge is 0.382 e. The van der Waals surface area contributed by atoms with E-state index in [2.05, 4.69) is 38.1 Å². The molecule has 0 unspecified atom stereocenters. The smallest absolute Gasteiger partial charge is 0.254 e. The monoisotopic (exact) mass is 482 g/mol. The van der Waals surface area contributed by atoms with Crippen LogP contribution in [0.5, 0.6) is 0 Å². The first-order chi connectivity index (χ1) is 17.6. The van der Waals surface area contributed by atoms with Crippen LogP contribution in [0.25, 0.3) is 33.2 Å². The standard InChI is InChI=1S/C26H26N8O2/c27-12-21-11-19-9-18(16-2-1-3-17(8-16)26(35)33-4-6-36-7-5-33)10-20(22(19)32-21)13-34-15-31-23-24(28)29-14-30-25(23)34/h1-3,8-11,14-15,32H,4-7,12-13,27H2,(H2,28,29,30). The van der Waals surface area contributed by atoms with Crippen molar-refractivity contribution < 1.29 is 9.53 Å². The highest BCUT2D eigenvalue weighted by molar-refractivity contribution is 5.96. The van der Waals surface area contributed by atoms with Crippen molar-refractivity contribution in [3.63, 3.8) is 0 Å². The van der Waals surface area contributed by atoms with E-state index >= 15 is 0 Å². The molecule has 0 aliphatic carbocycles. The van der Waals surface area contributed by atoms with Crippen LogP contribution in [0, 0.1) is 0 Å². The second kappa shape index (κ2) is 9.06. The first-order valence-electron chi connectivity index (χ1n) is 11.8. The molecule has 1 amide bonds. The zero-order valence-electron chi connectivity index (χ0n) is 19.6. The second-order valence-corrected chi connectivity index (χ2v) is 8.89. The molecule has 1 aliphatic rings. The number of nitrogen functional groups attached to an aromatic ring is 1. The topological polar surface area (TPSA) is 141 Å². The van der Waals surface area contributed by atoms with E-state index in [0.29, 0.717) is 61.9 Å². The van der Waals surface area contributed by atoms with Crippen LogP contribution in [0.4, 0.5) is 5.82 Å². The number of hydrogen-bond donors (Lipinski definition) is 3. The lowest BCUT2D eigenvalue weighted by Crippen LogP contribution is -2.40. The van der Waals surface area contributed by atoms with E-state index in [9.17, 15) is 4.79 Å². The maximum Gasteiger partial charge on any atom is 0.254 e. The summed E-state index contributed by atoms with van der Waals surface area (Å²) in [6.07, 6.45) is 3.17. The minimum Gasteiger partial charge on any atom is -0.382 e. The molecule has 1 fully saturated rings. The molecular weight excluding hydrogens is 456 g/mol. The number of fused-ring (bicyclic) bond motifs is 2. The van der Waals surface area contributed by atoms with Crippen molar-refractivity contribution in [3.05, 3.63) is 71.9 Å². The van der Waals surface area contributed by atoms with Crippen LogP contribution in [-0.4, -0.2) is 61.6 Å². The van der Waals surface area contributed by atoms with Gasteiger partial charge in [0.05, 0.1) is 31.6 Å². The third-order valence-corrected chi connectivity index (χ3v) is 6.60. The van der Waals surface area contributed by atoms with Gasteiger partial charge in [0.2, 0.25) is 0 Å². The van der Waals surface area contributed by atoms with Crippen molar-refractivity contribution in [2.75, 3.05) is 32.0 Å². The molecule has 0 bridgehead atoms. The summed E-state index contributed by atoms with van der Waals surface area (Å²) in [5, 5.41) is 1.05. The lowest BCUT2D eigenvalue weighted by Gasteiger charge is -2.27. The van der Waals surface area contributed by atoms with Crippen molar-refractivity contribution in [1.29, 1.82) is 0 Å². The number of ether oxygens (including phenoxy) is 1. The summed E-state index contributed by atoms with van der Waals surface area (Å²) < 4.78 is 7.34. The van der Waals surface area contributed by atoms with Crippen LogP contribution in [0.15, 0.2) is 55.1 Å². The first kappa shape index (κ1) is 22.2. The maximum atomic E-state index is 13.1. The summed E-state index contributed by atoms with van der Waals surface area (Å²) in [6, 6.07) is 14.1. The van der Waals surface area contributed by atoms with Crippen LogP contribution in [0.2, 0.25) is 0 Å². The van der Waals surface area contributed by atoms with Gasteiger partial charge in [-0.2, -0.15) is 0 Å². The van der Waals surface area contributed by atoms with E-state index in [4.69, 9.17) is 16.2 Å². The number of nitrogens with zero attached hydrogens (tertiary/aromatic N) is 5. The van der Waals surface area contributed by atoms with Gasteiger partial charge in [0.25, 0.3) is 5.91 Å². The number of nitrogens with one attached hydrogen (secondary N) is 1. The lowest BCUT2D eigenvalue weighted by atomic mass is 9.98. The molecule has 182 valence electrons. The van der Waals surface area contributed by atoms with E-state index in [1.54, 1.807) is 6.33 Å². The summed E-state index contributed by atoms with van der Waals surface area (Å²) in [5.41, 5.74) is 18.8. The highest BCUT2D eigenvalue weighted by atomic mass is 16.5. The number of imidazole rings is 1. The molecule has 10 heteroatoms. The van der Waals surface area contributed by atoms with E-state index in [-0.39, 0.29) is 5.91 Å². The number of benzene rings is 2. The quantitative estimate of drug-likeness (QED) is 0.349. The number of rotatable bonds is 5. The minimum absolute atomic E-state index is 0.0238. The Hall–Kier alpha value is -4.28. The van der Waals surface area contributed by atoms with Crippen molar-refractivity contribution in [3.8, 4) is 11.1 Å². The van der Waals surface area contributed by atoms with Crippen molar-refractivity contribution in [2.45, 2.75) is 13.1 Å². The third-order valence-electron chi connectivity index (χ3n) is 6.60. The number of hydrogen-bond acceptors (Lipinski definition) is 7. The van der Waals surface area contributed by atoms with Gasteiger partial charge in [0.1, 0.15) is 11.8 Å². The Morgan fingerprint density at radius 1 is 1.06 bits per heavy atom. The predicted molar refractivity (Wildman–Crippen MR) is 137 cm³/mol. The van der Waals surface area contributed by atoms with Gasteiger partial charge >= 0.3 is 0 Å². The summed E-state index contributed by atoms with van der Waals surface area (Å²) in [6.45, 7) is 3.29. The molecule has 3 aromatic heterocycles. The van der Waals surface area contributed by atoms with E-state index in [1.165, 1.54) is 6.33 Å². The molecule has 4 heterocycles. The zero-order chi connectivity index (χ0) is 24.6. The van der Waals surface area contributed by atoms with Gasteiger partial charge in [-0.3, -0.25) is 4.79 Å². The Morgan fingerprint density at radius 3 is 2.75 bits per heavy atom. The van der Waals surface area contributed by atoms with Gasteiger partial charge in [-0.25, -0.2) is 15.0 Å². The van der Waals surface area contributed by atoms with Crippen molar-refractivity contribution in [2.24, 2.45) is 5.73 Å². The van der Waals surface area contributed by atoms with Crippen molar-refractivity contribution in [1.82, 2.24) is 29.4 Å². The van der Waals surface area contributed by atoms with E-state index in [1.807, 2.05) is 33.7 Å². The summed E-state index contributed by atoms with van der Waals surface area (Å²) in [5.74, 6) is 0.375. The molecule has 1 saturated heterocycles. The second-order valence-electron chi connectivity index (χ2n) is 8.89. The SMILES string of the molecule is NCc1cc2cc(-c3cccc(C(=O)N4CCOCC4)c3)cc(Cn3cnc4c(N)ncnc43)c2[nH]1. The highest BCUT2D eigenvalue weighted by Crippen LogP contribution is 2.30. The normalized spacial score (nSPS) is 14.1. The van der Waals surface area contributed by atoms with Gasteiger partial charge in [-0.05, 0) is 47.0 Å². The van der Waals surface area contributed by atoms with Crippen LogP contribution >= 0.6 is 0 Å². The Bertz CT molecular complexity index is 1580. The molecule has 6 rings (SSSR count). The fraction of sp³-hybridized carbons (Fsp3) is 0.231. The van der Waals surface area contributed by atoms with Gasteiger partial charge in [0.15, 0.2) is 11.5 Å². The Labute approximate surface area is 206 Å². The molecular formula is C26H26N8O2. The fourth-order valence-electron chi connectivity index (χ4n) is 4.76. The number of morpholine rings is 1. The Morgan fingerprint density at radius 2 is 1.92 bits per heavy atom. The molecule has 5 aromatic rings.